The van der Waals surface area contributed by atoms with Gasteiger partial charge < -0.3 is 27.0 Å². The lowest BCUT2D eigenvalue weighted by atomic mass is 10.2. The van der Waals surface area contributed by atoms with E-state index >= 15 is 0 Å². The second-order valence-electron chi connectivity index (χ2n) is 5.64. The summed E-state index contributed by atoms with van der Waals surface area (Å²) in [5.41, 5.74) is 0. The van der Waals surface area contributed by atoms with Crippen LogP contribution < -0.4 is 17.1 Å². The van der Waals surface area contributed by atoms with Crippen molar-refractivity contribution in [2.24, 2.45) is 0 Å². The van der Waals surface area contributed by atoms with Crippen LogP contribution in [0.2, 0.25) is 0 Å². The third-order valence-corrected chi connectivity index (χ3v) is 3.81. The summed E-state index contributed by atoms with van der Waals surface area (Å²) in [6.45, 7) is 5.56. The third kappa shape index (κ3) is 6.15. The van der Waals surface area contributed by atoms with E-state index < -0.39 is 23.5 Å². The predicted molar refractivity (Wildman–Crippen MR) is 82.0 cm³/mol. The number of hydrogen-bond acceptors (Lipinski definition) is 4. The van der Waals surface area contributed by atoms with Crippen molar-refractivity contribution in [3.63, 3.8) is 0 Å². The Hall–Kier alpha value is -0.470. The quantitative estimate of drug-likeness (QED) is 0.709. The van der Waals surface area contributed by atoms with Crippen LogP contribution in [0.15, 0.2) is 16.6 Å². The SMILES string of the molecule is CC1CN(CC(O)COc2c(F)cc(Br)cc2F)CC(C)O1.[Cl-]. The maximum absolute atomic E-state index is 13.6. The van der Waals surface area contributed by atoms with Gasteiger partial charge in [0.15, 0.2) is 17.4 Å². The Morgan fingerprint density at radius 1 is 1.30 bits per heavy atom. The largest absolute Gasteiger partial charge is 1.00 e. The molecule has 2 rings (SSSR count). The van der Waals surface area contributed by atoms with Gasteiger partial charge in [-0.3, -0.25) is 4.90 Å². The number of aliphatic hydroxyl groups is 1. The van der Waals surface area contributed by atoms with E-state index in [0.717, 1.165) is 12.1 Å². The highest BCUT2D eigenvalue weighted by Gasteiger charge is 2.24. The first-order valence-electron chi connectivity index (χ1n) is 7.18. The zero-order valence-corrected chi connectivity index (χ0v) is 15.3. The number of morpholine rings is 1. The summed E-state index contributed by atoms with van der Waals surface area (Å²) in [4.78, 5) is 2.06. The Bertz CT molecular complexity index is 490. The highest BCUT2D eigenvalue weighted by Crippen LogP contribution is 2.26. The van der Waals surface area contributed by atoms with Gasteiger partial charge in [0.1, 0.15) is 12.7 Å². The fourth-order valence-corrected chi connectivity index (χ4v) is 3.03. The molecule has 132 valence electrons. The number of aliphatic hydroxyl groups excluding tert-OH is 1. The van der Waals surface area contributed by atoms with Crippen molar-refractivity contribution in [2.45, 2.75) is 32.2 Å². The van der Waals surface area contributed by atoms with Crippen molar-refractivity contribution in [1.29, 1.82) is 0 Å². The zero-order valence-electron chi connectivity index (χ0n) is 12.9. The third-order valence-electron chi connectivity index (χ3n) is 3.35. The smallest absolute Gasteiger partial charge is 0.190 e. The van der Waals surface area contributed by atoms with E-state index in [0.29, 0.717) is 24.1 Å². The maximum atomic E-state index is 13.6. The summed E-state index contributed by atoms with van der Waals surface area (Å²) in [5, 5.41) is 10.0. The van der Waals surface area contributed by atoms with Crippen molar-refractivity contribution < 1.29 is 35.8 Å². The number of rotatable bonds is 5. The minimum absolute atomic E-state index is 0. The molecule has 8 heteroatoms. The molecule has 0 amide bonds. The van der Waals surface area contributed by atoms with Gasteiger partial charge in [-0.25, -0.2) is 8.78 Å². The van der Waals surface area contributed by atoms with Crippen LogP contribution in [0.25, 0.3) is 0 Å². The Labute approximate surface area is 149 Å². The molecule has 1 aromatic rings. The van der Waals surface area contributed by atoms with Crippen LogP contribution in [-0.4, -0.2) is 54.6 Å². The normalized spacial score (nSPS) is 23.2. The number of halogens is 4. The minimum atomic E-state index is -0.833. The van der Waals surface area contributed by atoms with Gasteiger partial charge in [-0.1, -0.05) is 15.9 Å². The molecule has 0 saturated carbocycles. The second kappa shape index (κ2) is 9.13. The zero-order chi connectivity index (χ0) is 16.3. The van der Waals surface area contributed by atoms with Crippen molar-refractivity contribution in [3.05, 3.63) is 28.2 Å². The van der Waals surface area contributed by atoms with E-state index in [1.807, 2.05) is 13.8 Å². The van der Waals surface area contributed by atoms with Gasteiger partial charge in [0, 0.05) is 24.1 Å². The molecule has 1 aromatic carbocycles. The second-order valence-corrected chi connectivity index (χ2v) is 6.55. The molecule has 0 aromatic heterocycles. The Balaban J connectivity index is 0.00000264. The average Bonchev–Trinajstić information content (AvgIpc) is 2.35. The molecule has 3 unspecified atom stereocenters. The lowest BCUT2D eigenvalue weighted by molar-refractivity contribution is -0.0787. The van der Waals surface area contributed by atoms with Crippen LogP contribution in [-0.2, 0) is 4.74 Å². The summed E-state index contributed by atoms with van der Waals surface area (Å²) in [7, 11) is 0. The fourth-order valence-electron chi connectivity index (χ4n) is 2.63. The van der Waals surface area contributed by atoms with Crippen LogP contribution >= 0.6 is 15.9 Å². The van der Waals surface area contributed by atoms with Crippen LogP contribution in [0.1, 0.15) is 13.8 Å². The Kier molecular flexibility index (Phi) is 8.17. The van der Waals surface area contributed by atoms with Crippen molar-refractivity contribution in [2.75, 3.05) is 26.2 Å². The van der Waals surface area contributed by atoms with Gasteiger partial charge in [0.2, 0.25) is 0 Å². The van der Waals surface area contributed by atoms with E-state index in [1.165, 1.54) is 0 Å². The summed E-state index contributed by atoms with van der Waals surface area (Å²) in [5.74, 6) is -2.06. The molecule has 0 bridgehead atoms. The molecule has 1 aliphatic rings. The Morgan fingerprint density at radius 3 is 2.35 bits per heavy atom. The average molecular weight is 416 g/mol. The molecule has 4 nitrogen and oxygen atoms in total. The topological polar surface area (TPSA) is 41.9 Å². The number of ether oxygens (including phenoxy) is 2. The van der Waals surface area contributed by atoms with Crippen molar-refractivity contribution >= 4 is 15.9 Å². The molecule has 1 fully saturated rings. The number of nitrogens with zero attached hydrogens (tertiary/aromatic N) is 1. The van der Waals surface area contributed by atoms with Gasteiger partial charge >= 0.3 is 0 Å². The van der Waals surface area contributed by atoms with E-state index in [9.17, 15) is 13.9 Å². The molecule has 1 aliphatic heterocycles. The molecular formula is C15H20BrClF2NO3-. The van der Waals surface area contributed by atoms with Crippen molar-refractivity contribution in [3.8, 4) is 5.75 Å². The molecule has 1 N–H and O–H groups in total. The molecule has 0 aliphatic carbocycles. The van der Waals surface area contributed by atoms with E-state index in [-0.39, 0.29) is 31.2 Å². The Morgan fingerprint density at radius 2 is 1.83 bits per heavy atom. The molecule has 0 spiro atoms. The molecule has 3 atom stereocenters. The van der Waals surface area contributed by atoms with Crippen LogP contribution in [0.3, 0.4) is 0 Å². The van der Waals surface area contributed by atoms with E-state index in [1.54, 1.807) is 0 Å². The molecule has 23 heavy (non-hydrogen) atoms. The first kappa shape index (κ1) is 20.6. The lowest BCUT2D eigenvalue weighted by Crippen LogP contribution is -3.00. The summed E-state index contributed by atoms with van der Waals surface area (Å²) in [6.07, 6.45) is -0.642. The molecule has 0 radical (unpaired) electrons. The predicted octanol–water partition coefficient (Wildman–Crippen LogP) is -0.420. The maximum Gasteiger partial charge on any atom is 0.190 e. The molecular weight excluding hydrogens is 396 g/mol. The summed E-state index contributed by atoms with van der Waals surface area (Å²) < 4.78 is 38.2. The number of benzene rings is 1. The molecule has 1 heterocycles. The minimum Gasteiger partial charge on any atom is -1.00 e. The van der Waals surface area contributed by atoms with Gasteiger partial charge in [-0.05, 0) is 26.0 Å². The van der Waals surface area contributed by atoms with Crippen LogP contribution in [0.5, 0.6) is 5.75 Å². The van der Waals surface area contributed by atoms with Gasteiger partial charge in [-0.15, -0.1) is 0 Å². The first-order chi connectivity index (χ1) is 10.3. The highest BCUT2D eigenvalue weighted by molar-refractivity contribution is 9.10. The molecule has 1 saturated heterocycles. The van der Waals surface area contributed by atoms with E-state index in [2.05, 4.69) is 20.8 Å². The fraction of sp³-hybridized carbons (Fsp3) is 0.600. The first-order valence-corrected chi connectivity index (χ1v) is 7.97. The number of hydrogen-bond donors (Lipinski definition) is 1. The van der Waals surface area contributed by atoms with E-state index in [4.69, 9.17) is 9.47 Å². The van der Waals surface area contributed by atoms with Crippen LogP contribution in [0, 0.1) is 11.6 Å². The van der Waals surface area contributed by atoms with Gasteiger partial charge in [0.25, 0.3) is 0 Å². The van der Waals surface area contributed by atoms with Gasteiger partial charge in [0.05, 0.1) is 12.2 Å². The monoisotopic (exact) mass is 414 g/mol. The standard InChI is InChI=1S/C15H20BrF2NO3.ClH/c1-9-5-19(6-10(2)22-9)7-12(20)8-21-15-13(17)3-11(16)4-14(15)18;/h3-4,9-10,12,20H,5-8H2,1-2H3;1H/p-1. The van der Waals surface area contributed by atoms with Gasteiger partial charge in [-0.2, -0.15) is 0 Å². The van der Waals surface area contributed by atoms with Crippen molar-refractivity contribution in [1.82, 2.24) is 4.90 Å². The number of β-amino-alcohol motifs (C(OH)–C–C–N with tert-alkyl or cyclic N) is 1. The van der Waals surface area contributed by atoms with Crippen LogP contribution in [0.4, 0.5) is 8.78 Å². The summed E-state index contributed by atoms with van der Waals surface area (Å²) in [6, 6.07) is 2.24. The summed E-state index contributed by atoms with van der Waals surface area (Å²) >= 11 is 3.00. The lowest BCUT2D eigenvalue weighted by Gasteiger charge is -2.36. The highest BCUT2D eigenvalue weighted by atomic mass is 79.9.